The van der Waals surface area contributed by atoms with Crippen molar-refractivity contribution < 1.29 is 19.8 Å². The van der Waals surface area contributed by atoms with Crippen LogP contribution in [0.5, 0.6) is 0 Å². The Hall–Kier alpha value is -1.99. The predicted molar refractivity (Wildman–Crippen MR) is 41.4 cm³/mol. The summed E-state index contributed by atoms with van der Waals surface area (Å²) < 4.78 is 0. The zero-order valence-corrected chi connectivity index (χ0v) is 7.04. The first-order valence-corrected chi connectivity index (χ1v) is 3.76. The molecule has 0 aliphatic carbocycles. The molecule has 1 aromatic rings. The highest BCUT2D eigenvalue weighted by molar-refractivity contribution is 5.71. The summed E-state index contributed by atoms with van der Waals surface area (Å²) in [6.07, 6.45) is -0.655. The van der Waals surface area contributed by atoms with Crippen molar-refractivity contribution in [2.24, 2.45) is 0 Å². The second-order valence-corrected chi connectivity index (χ2v) is 2.66. The molecule has 0 atom stereocenters. The van der Waals surface area contributed by atoms with Crippen molar-refractivity contribution in [3.05, 3.63) is 5.82 Å². The van der Waals surface area contributed by atoms with E-state index in [0.717, 1.165) is 0 Å². The van der Waals surface area contributed by atoms with Crippen LogP contribution in [0, 0.1) is 0 Å². The molecule has 8 heteroatoms. The number of aromatic amines is 1. The lowest BCUT2D eigenvalue weighted by Gasteiger charge is -2.05. The van der Waals surface area contributed by atoms with E-state index in [1.807, 2.05) is 0 Å². The Morgan fingerprint density at radius 2 is 1.86 bits per heavy atom. The first kappa shape index (κ1) is 10.1. The molecule has 1 aromatic heterocycles. The summed E-state index contributed by atoms with van der Waals surface area (Å²) in [6.45, 7) is 0. The smallest absolute Gasteiger partial charge is 0.304 e. The molecule has 0 spiro atoms. The maximum Gasteiger partial charge on any atom is 0.304 e. The summed E-state index contributed by atoms with van der Waals surface area (Å²) >= 11 is 0. The third kappa shape index (κ3) is 2.81. The van der Waals surface area contributed by atoms with Crippen molar-refractivity contribution in [1.29, 1.82) is 0 Å². The molecule has 1 rings (SSSR count). The average Bonchev–Trinajstić information content (AvgIpc) is 2.52. The molecule has 0 aliphatic heterocycles. The Morgan fingerprint density at radius 1 is 1.29 bits per heavy atom. The molecule has 0 amide bonds. The number of hydrogen-bond donors (Lipinski definition) is 3. The molecule has 0 aliphatic rings. The molecule has 0 unspecified atom stereocenters. The number of rotatable bonds is 5. The Kier molecular flexibility index (Phi) is 3.10. The van der Waals surface area contributed by atoms with Gasteiger partial charge in [-0.25, -0.2) is 0 Å². The van der Waals surface area contributed by atoms with Gasteiger partial charge in [0.15, 0.2) is 5.82 Å². The summed E-state index contributed by atoms with van der Waals surface area (Å²) in [5.74, 6) is -2.83. The van der Waals surface area contributed by atoms with Crippen molar-refractivity contribution in [3.63, 3.8) is 0 Å². The molecular formula is C6H8N4O4. The molecule has 0 bridgehead atoms. The zero-order valence-electron chi connectivity index (χ0n) is 7.04. The lowest BCUT2D eigenvalue weighted by Crippen LogP contribution is -2.12. The number of hydrogen-bond acceptors (Lipinski definition) is 5. The Labute approximate surface area is 77.9 Å². The monoisotopic (exact) mass is 200 g/mol. The Balaban J connectivity index is 2.71. The van der Waals surface area contributed by atoms with Gasteiger partial charge in [0.2, 0.25) is 0 Å². The molecule has 1 heterocycles. The van der Waals surface area contributed by atoms with E-state index in [4.69, 9.17) is 10.2 Å². The number of carboxylic acid groups (broad SMARTS) is 2. The summed E-state index contributed by atoms with van der Waals surface area (Å²) in [7, 11) is 0. The van der Waals surface area contributed by atoms with Crippen LogP contribution >= 0.6 is 0 Å². The van der Waals surface area contributed by atoms with Crippen LogP contribution in [-0.4, -0.2) is 42.8 Å². The molecule has 0 radical (unpaired) electrons. The molecular weight excluding hydrogens is 192 g/mol. The van der Waals surface area contributed by atoms with Gasteiger partial charge in [-0.05, 0) is 0 Å². The molecule has 0 fully saturated rings. The van der Waals surface area contributed by atoms with Gasteiger partial charge in [0.25, 0.3) is 0 Å². The van der Waals surface area contributed by atoms with E-state index in [9.17, 15) is 9.59 Å². The van der Waals surface area contributed by atoms with Gasteiger partial charge in [-0.2, -0.15) is 5.21 Å². The van der Waals surface area contributed by atoms with Gasteiger partial charge in [-0.15, -0.1) is 10.2 Å². The fraction of sp³-hybridized carbons (Fsp3) is 0.500. The maximum absolute atomic E-state index is 10.4. The van der Waals surface area contributed by atoms with Crippen molar-refractivity contribution in [1.82, 2.24) is 20.6 Å². The minimum absolute atomic E-state index is 0.106. The number of aromatic nitrogens is 4. The Bertz CT molecular complexity index is 307. The third-order valence-corrected chi connectivity index (χ3v) is 1.57. The highest BCUT2D eigenvalue weighted by Crippen LogP contribution is 2.18. The van der Waals surface area contributed by atoms with E-state index in [1.165, 1.54) is 0 Å². The molecule has 0 aromatic carbocycles. The number of aliphatic carboxylic acids is 2. The normalized spacial score (nSPS) is 10.4. The minimum atomic E-state index is -1.10. The predicted octanol–water partition coefficient (Wildman–Crippen LogP) is -0.767. The van der Waals surface area contributed by atoms with Crippen LogP contribution in [0.4, 0.5) is 0 Å². The van der Waals surface area contributed by atoms with Gasteiger partial charge < -0.3 is 10.2 Å². The van der Waals surface area contributed by atoms with E-state index in [1.54, 1.807) is 0 Å². The standard InChI is InChI=1S/C6H8N4O4/c11-4(12)1-3(2-5(13)14)6-7-9-10-8-6/h3H,1-2H2,(H,11,12)(H,13,14)(H,7,8,9,10). The summed E-state index contributed by atoms with van der Waals surface area (Å²) in [4.78, 5) is 20.8. The van der Waals surface area contributed by atoms with E-state index in [2.05, 4.69) is 20.6 Å². The fourth-order valence-corrected chi connectivity index (χ4v) is 1.02. The maximum atomic E-state index is 10.4. The number of nitrogens with zero attached hydrogens (tertiary/aromatic N) is 3. The highest BCUT2D eigenvalue weighted by Gasteiger charge is 2.22. The second kappa shape index (κ2) is 4.30. The van der Waals surface area contributed by atoms with Gasteiger partial charge in [-0.3, -0.25) is 9.59 Å². The van der Waals surface area contributed by atoms with Crippen molar-refractivity contribution in [2.75, 3.05) is 0 Å². The quantitative estimate of drug-likeness (QED) is 0.569. The number of H-pyrrole nitrogens is 1. The first-order valence-electron chi connectivity index (χ1n) is 3.76. The van der Waals surface area contributed by atoms with Crippen LogP contribution < -0.4 is 0 Å². The molecule has 0 saturated heterocycles. The van der Waals surface area contributed by atoms with Gasteiger partial charge in [0, 0.05) is 5.92 Å². The summed E-state index contributed by atoms with van der Waals surface area (Å²) in [6, 6.07) is 0. The molecule has 8 nitrogen and oxygen atoms in total. The number of nitrogens with one attached hydrogen (secondary N) is 1. The van der Waals surface area contributed by atoms with Crippen LogP contribution in [0.15, 0.2) is 0 Å². The number of carboxylic acids is 2. The summed E-state index contributed by atoms with van der Waals surface area (Å²) in [5, 5.41) is 29.5. The Morgan fingerprint density at radius 3 is 2.21 bits per heavy atom. The van der Waals surface area contributed by atoms with Gasteiger partial charge >= 0.3 is 11.9 Å². The number of tetrazole rings is 1. The van der Waals surface area contributed by atoms with Crippen LogP contribution in [0.1, 0.15) is 24.6 Å². The zero-order chi connectivity index (χ0) is 10.6. The molecule has 0 saturated carbocycles. The van der Waals surface area contributed by atoms with Crippen molar-refractivity contribution in [2.45, 2.75) is 18.8 Å². The van der Waals surface area contributed by atoms with E-state index in [0.29, 0.717) is 0 Å². The van der Waals surface area contributed by atoms with Gasteiger partial charge in [0.1, 0.15) is 0 Å². The van der Waals surface area contributed by atoms with Crippen LogP contribution in [0.3, 0.4) is 0 Å². The number of carbonyl (C=O) groups is 2. The van der Waals surface area contributed by atoms with E-state index >= 15 is 0 Å². The highest BCUT2D eigenvalue weighted by atomic mass is 16.4. The van der Waals surface area contributed by atoms with Gasteiger partial charge in [0.05, 0.1) is 12.8 Å². The first-order chi connectivity index (χ1) is 6.59. The van der Waals surface area contributed by atoms with Gasteiger partial charge in [-0.1, -0.05) is 5.21 Å². The summed E-state index contributed by atoms with van der Waals surface area (Å²) in [5.41, 5.74) is 0. The van der Waals surface area contributed by atoms with Crippen LogP contribution in [-0.2, 0) is 9.59 Å². The third-order valence-electron chi connectivity index (χ3n) is 1.57. The second-order valence-electron chi connectivity index (χ2n) is 2.66. The van der Waals surface area contributed by atoms with E-state index < -0.39 is 17.9 Å². The lowest BCUT2D eigenvalue weighted by atomic mass is 10.0. The topological polar surface area (TPSA) is 129 Å². The molecule has 14 heavy (non-hydrogen) atoms. The molecule has 76 valence electrons. The lowest BCUT2D eigenvalue weighted by molar-refractivity contribution is -0.139. The van der Waals surface area contributed by atoms with Crippen LogP contribution in [0.25, 0.3) is 0 Å². The molecule has 3 N–H and O–H groups in total. The minimum Gasteiger partial charge on any atom is -0.481 e. The van der Waals surface area contributed by atoms with Crippen molar-refractivity contribution >= 4 is 11.9 Å². The van der Waals surface area contributed by atoms with Crippen molar-refractivity contribution in [3.8, 4) is 0 Å². The van der Waals surface area contributed by atoms with Crippen LogP contribution in [0.2, 0.25) is 0 Å². The van der Waals surface area contributed by atoms with E-state index in [-0.39, 0.29) is 18.7 Å². The largest absolute Gasteiger partial charge is 0.481 e. The SMILES string of the molecule is O=C(O)CC(CC(=O)O)c1nn[nH]n1. The average molecular weight is 200 g/mol. The fourth-order valence-electron chi connectivity index (χ4n) is 1.02.